The lowest BCUT2D eigenvalue weighted by Crippen LogP contribution is -2.27. The van der Waals surface area contributed by atoms with E-state index in [-0.39, 0.29) is 16.8 Å². The molecule has 1 aromatic heterocycles. The first kappa shape index (κ1) is 17.9. The largest absolute Gasteiger partial charge is 0.318 e. The summed E-state index contributed by atoms with van der Waals surface area (Å²) in [6.07, 6.45) is 1.71. The van der Waals surface area contributed by atoms with E-state index >= 15 is 0 Å². The maximum atomic E-state index is 12.3. The smallest absolute Gasteiger partial charge is 0.293 e. The van der Waals surface area contributed by atoms with Crippen molar-refractivity contribution >= 4 is 34.7 Å². The number of rotatable bonds is 4. The molecule has 0 spiro atoms. The number of amides is 2. The molecule has 0 bridgehead atoms. The molecule has 1 saturated heterocycles. The second-order valence-corrected chi connectivity index (χ2v) is 6.86. The molecule has 0 aliphatic carbocycles. The van der Waals surface area contributed by atoms with Crippen molar-refractivity contribution < 1.29 is 14.5 Å². The molecule has 2 amide bonds. The van der Waals surface area contributed by atoms with Crippen LogP contribution in [-0.2, 0) is 4.79 Å². The van der Waals surface area contributed by atoms with Gasteiger partial charge in [0.05, 0.1) is 15.5 Å². The predicted octanol–water partition coefficient (Wildman–Crippen LogP) is 4.06. The third-order valence-corrected chi connectivity index (χ3v) is 5.15. The van der Waals surface area contributed by atoms with E-state index in [1.807, 2.05) is 24.5 Å². The molecule has 1 aromatic carbocycles. The number of hydrogen-bond acceptors (Lipinski definition) is 5. The van der Waals surface area contributed by atoms with Gasteiger partial charge in [0.25, 0.3) is 16.8 Å². The molecule has 7 nitrogen and oxygen atoms in total. The van der Waals surface area contributed by atoms with Gasteiger partial charge in [0.1, 0.15) is 0 Å². The maximum absolute atomic E-state index is 12.3. The molecule has 0 N–H and O–H groups in total. The van der Waals surface area contributed by atoms with E-state index in [2.05, 4.69) is 0 Å². The highest BCUT2D eigenvalue weighted by atomic mass is 32.2. The summed E-state index contributed by atoms with van der Waals surface area (Å²) in [5.74, 6) is -0.289. The number of carbonyl (C=O) groups excluding carboxylic acids is 2. The van der Waals surface area contributed by atoms with Gasteiger partial charge in [0.2, 0.25) is 0 Å². The summed E-state index contributed by atoms with van der Waals surface area (Å²) in [6, 6.07) is 8.28. The average Bonchev–Trinajstić information content (AvgIpc) is 3.03. The Kier molecular flexibility index (Phi) is 4.69. The third kappa shape index (κ3) is 3.03. The van der Waals surface area contributed by atoms with Gasteiger partial charge in [-0.05, 0) is 56.3 Å². The topological polar surface area (TPSA) is 85.4 Å². The van der Waals surface area contributed by atoms with Crippen molar-refractivity contribution in [3.8, 4) is 5.69 Å². The highest BCUT2D eigenvalue weighted by molar-refractivity contribution is 8.18. The Morgan fingerprint density at radius 3 is 2.58 bits per heavy atom. The van der Waals surface area contributed by atoms with Crippen LogP contribution in [0.15, 0.2) is 35.2 Å². The van der Waals surface area contributed by atoms with Crippen LogP contribution in [0, 0.1) is 24.0 Å². The van der Waals surface area contributed by atoms with E-state index in [0.29, 0.717) is 17.1 Å². The van der Waals surface area contributed by atoms with Crippen LogP contribution in [0.3, 0.4) is 0 Å². The van der Waals surface area contributed by atoms with E-state index in [0.717, 1.165) is 28.7 Å². The number of thioether (sulfide) groups is 1. The minimum Gasteiger partial charge on any atom is -0.318 e. The molecule has 3 rings (SSSR count). The zero-order valence-corrected chi connectivity index (χ0v) is 15.4. The summed E-state index contributed by atoms with van der Waals surface area (Å²) in [6.45, 7) is 5.87. The number of aromatic nitrogens is 1. The summed E-state index contributed by atoms with van der Waals surface area (Å²) in [7, 11) is 0. The molecule has 1 aliphatic rings. The molecule has 134 valence electrons. The second-order valence-electron chi connectivity index (χ2n) is 5.86. The van der Waals surface area contributed by atoms with Crippen LogP contribution in [0.4, 0.5) is 10.5 Å². The normalized spacial score (nSPS) is 16.0. The van der Waals surface area contributed by atoms with E-state index in [9.17, 15) is 19.7 Å². The van der Waals surface area contributed by atoms with Gasteiger partial charge in [-0.3, -0.25) is 24.6 Å². The molecule has 0 atom stereocenters. The van der Waals surface area contributed by atoms with Gasteiger partial charge < -0.3 is 4.57 Å². The molecule has 26 heavy (non-hydrogen) atoms. The Morgan fingerprint density at radius 1 is 1.23 bits per heavy atom. The Balaban J connectivity index is 2.03. The van der Waals surface area contributed by atoms with Gasteiger partial charge in [-0.2, -0.15) is 0 Å². The molecule has 0 radical (unpaired) electrons. The molecule has 0 saturated carbocycles. The van der Waals surface area contributed by atoms with E-state index in [4.69, 9.17) is 0 Å². The van der Waals surface area contributed by atoms with E-state index in [1.54, 1.807) is 25.1 Å². The molecule has 8 heteroatoms. The monoisotopic (exact) mass is 371 g/mol. The van der Waals surface area contributed by atoms with Gasteiger partial charge in [-0.15, -0.1) is 0 Å². The van der Waals surface area contributed by atoms with Crippen molar-refractivity contribution in [2.75, 3.05) is 6.54 Å². The highest BCUT2D eigenvalue weighted by Gasteiger charge is 2.33. The Labute approximate surface area is 154 Å². The number of benzene rings is 1. The Hall–Kier alpha value is -2.87. The number of hydrogen-bond donors (Lipinski definition) is 0. The van der Waals surface area contributed by atoms with Crippen LogP contribution in [0.5, 0.6) is 0 Å². The first-order valence-corrected chi connectivity index (χ1v) is 8.84. The molecule has 2 aromatic rings. The molecule has 1 fully saturated rings. The van der Waals surface area contributed by atoms with Gasteiger partial charge in [0.15, 0.2) is 0 Å². The minimum absolute atomic E-state index is 0.0145. The predicted molar refractivity (Wildman–Crippen MR) is 100 cm³/mol. The number of likely N-dealkylation sites (N-methyl/N-ethyl adjacent to an activating group) is 1. The first-order chi connectivity index (χ1) is 12.3. The van der Waals surface area contributed by atoms with E-state index < -0.39 is 4.92 Å². The van der Waals surface area contributed by atoms with E-state index in [1.165, 1.54) is 17.0 Å². The maximum Gasteiger partial charge on any atom is 0.293 e. The number of imide groups is 1. The van der Waals surface area contributed by atoms with Crippen LogP contribution < -0.4 is 0 Å². The summed E-state index contributed by atoms with van der Waals surface area (Å²) in [5.41, 5.74) is 3.21. The number of non-ortho nitro benzene ring substituents is 1. The van der Waals surface area contributed by atoms with Gasteiger partial charge in [-0.1, -0.05) is 6.07 Å². The highest BCUT2D eigenvalue weighted by Crippen LogP contribution is 2.33. The van der Waals surface area contributed by atoms with Gasteiger partial charge in [0, 0.05) is 30.1 Å². The van der Waals surface area contributed by atoms with Crippen LogP contribution in [0.1, 0.15) is 23.9 Å². The number of nitro groups is 1. The zero-order valence-electron chi connectivity index (χ0n) is 14.6. The minimum atomic E-state index is -0.431. The number of nitrogens with zero attached hydrogens (tertiary/aromatic N) is 3. The lowest BCUT2D eigenvalue weighted by Gasteiger charge is -2.09. The molecular weight excluding hydrogens is 354 g/mol. The van der Waals surface area contributed by atoms with Crippen LogP contribution in [0.25, 0.3) is 11.8 Å². The molecular formula is C18H17N3O4S. The molecule has 1 aliphatic heterocycles. The van der Waals surface area contributed by atoms with Crippen molar-refractivity contribution in [3.05, 3.63) is 62.3 Å². The van der Waals surface area contributed by atoms with Crippen molar-refractivity contribution in [1.82, 2.24) is 9.47 Å². The van der Waals surface area contributed by atoms with Crippen molar-refractivity contribution in [3.63, 3.8) is 0 Å². The lowest BCUT2D eigenvalue weighted by atomic mass is 10.2. The zero-order chi connectivity index (χ0) is 19.0. The van der Waals surface area contributed by atoms with Crippen LogP contribution >= 0.6 is 11.8 Å². The molecule has 2 heterocycles. The van der Waals surface area contributed by atoms with Crippen molar-refractivity contribution in [1.29, 1.82) is 0 Å². The van der Waals surface area contributed by atoms with Gasteiger partial charge in [-0.25, -0.2) is 0 Å². The summed E-state index contributed by atoms with van der Waals surface area (Å²) >= 11 is 0.927. The van der Waals surface area contributed by atoms with Crippen molar-refractivity contribution in [2.45, 2.75) is 20.8 Å². The quantitative estimate of drug-likeness (QED) is 0.460. The number of carbonyl (C=O) groups is 2. The summed E-state index contributed by atoms with van der Waals surface area (Å²) in [4.78, 5) is 36.3. The van der Waals surface area contributed by atoms with Crippen LogP contribution in [-0.4, -0.2) is 32.1 Å². The summed E-state index contributed by atoms with van der Waals surface area (Å²) < 4.78 is 1.89. The second kappa shape index (κ2) is 6.80. The Bertz CT molecular complexity index is 961. The fourth-order valence-electron chi connectivity index (χ4n) is 2.99. The fourth-order valence-corrected chi connectivity index (χ4v) is 3.88. The fraction of sp³-hybridized carbons (Fsp3) is 0.222. The average molecular weight is 371 g/mol. The number of nitro benzene ring substituents is 1. The van der Waals surface area contributed by atoms with Crippen molar-refractivity contribution in [2.24, 2.45) is 0 Å². The van der Waals surface area contributed by atoms with Crippen LogP contribution in [0.2, 0.25) is 0 Å². The number of aryl methyl sites for hydroxylation is 1. The van der Waals surface area contributed by atoms with Gasteiger partial charge >= 0.3 is 0 Å². The SMILES string of the molecule is CCN1C(=O)S/C(=C\c2cc(C)n(-c3cccc([N+](=O)[O-])c3)c2C)C1=O. The third-order valence-electron chi connectivity index (χ3n) is 4.25. The standard InChI is InChI=1S/C18H17N3O4S/c1-4-19-17(22)16(26-18(19)23)9-13-8-11(2)20(12(13)3)14-6-5-7-15(10-14)21(24)25/h5-10H,4H2,1-3H3/b16-9-. The molecule has 0 unspecified atom stereocenters. The Morgan fingerprint density at radius 2 is 1.96 bits per heavy atom. The summed E-state index contributed by atoms with van der Waals surface area (Å²) in [5, 5.41) is 10.8. The first-order valence-electron chi connectivity index (χ1n) is 8.02. The lowest BCUT2D eigenvalue weighted by molar-refractivity contribution is -0.384.